The average Bonchev–Trinajstić information content (AvgIpc) is 2.80. The van der Waals surface area contributed by atoms with Gasteiger partial charge in [-0.1, -0.05) is 31.4 Å². The highest BCUT2D eigenvalue weighted by Crippen LogP contribution is 2.16. The van der Waals surface area contributed by atoms with Crippen molar-refractivity contribution in [3.05, 3.63) is 39.9 Å². The fourth-order valence-corrected chi connectivity index (χ4v) is 2.26. The zero-order chi connectivity index (χ0) is 14.4. The van der Waals surface area contributed by atoms with Crippen LogP contribution in [0.3, 0.4) is 0 Å². The molecule has 0 saturated heterocycles. The lowest BCUT2D eigenvalue weighted by molar-refractivity contribution is 0.288. The van der Waals surface area contributed by atoms with E-state index < -0.39 is 0 Å². The van der Waals surface area contributed by atoms with Gasteiger partial charge in [0.25, 0.3) is 0 Å². The Morgan fingerprint density at radius 1 is 1.30 bits per heavy atom. The second-order valence-corrected chi connectivity index (χ2v) is 5.37. The van der Waals surface area contributed by atoms with Gasteiger partial charge < -0.3 is 9.30 Å². The molecule has 1 heterocycles. The minimum atomic E-state index is 0.390. The van der Waals surface area contributed by atoms with Crippen molar-refractivity contribution in [1.82, 2.24) is 14.8 Å². The van der Waals surface area contributed by atoms with Gasteiger partial charge in [0.15, 0.2) is 10.6 Å². The number of benzene rings is 1. The minimum absolute atomic E-state index is 0.390. The summed E-state index contributed by atoms with van der Waals surface area (Å²) in [5.74, 6) is 1.59. The Morgan fingerprint density at radius 3 is 2.75 bits per heavy atom. The van der Waals surface area contributed by atoms with E-state index in [9.17, 15) is 0 Å². The van der Waals surface area contributed by atoms with E-state index in [0.717, 1.165) is 24.5 Å². The smallest absolute Gasteiger partial charge is 0.195 e. The number of hydrogen-bond acceptors (Lipinski definition) is 3. The maximum atomic E-state index is 5.84. The Balaban J connectivity index is 1.98. The summed E-state index contributed by atoms with van der Waals surface area (Å²) in [6, 6.07) is 7.28. The number of aromatic amines is 1. The van der Waals surface area contributed by atoms with Crippen LogP contribution in [0.25, 0.3) is 0 Å². The normalized spacial score (nSPS) is 10.7. The van der Waals surface area contributed by atoms with E-state index in [4.69, 9.17) is 28.6 Å². The van der Waals surface area contributed by atoms with Gasteiger partial charge >= 0.3 is 0 Å². The molecule has 2 aromatic rings. The van der Waals surface area contributed by atoms with E-state index in [0.29, 0.717) is 16.4 Å². The molecule has 1 aromatic carbocycles. The maximum absolute atomic E-state index is 5.84. The highest BCUT2D eigenvalue weighted by molar-refractivity contribution is 7.71. The second-order valence-electron chi connectivity index (χ2n) is 4.55. The molecule has 1 aromatic heterocycles. The minimum Gasteiger partial charge on any atom is -0.486 e. The first-order chi connectivity index (χ1) is 9.70. The van der Waals surface area contributed by atoms with Gasteiger partial charge in [0.05, 0.1) is 0 Å². The van der Waals surface area contributed by atoms with Crippen LogP contribution in [0, 0.1) is 4.77 Å². The molecule has 0 bridgehead atoms. The number of halogens is 1. The molecule has 0 atom stereocenters. The third-order valence-corrected chi connectivity index (χ3v) is 3.57. The zero-order valence-electron chi connectivity index (χ0n) is 11.4. The highest BCUT2D eigenvalue weighted by Gasteiger charge is 2.06. The van der Waals surface area contributed by atoms with E-state index in [1.54, 1.807) is 12.1 Å². The molecule has 0 aliphatic carbocycles. The van der Waals surface area contributed by atoms with Crippen molar-refractivity contribution in [3.8, 4) is 5.75 Å². The molecular weight excluding hydrogens is 294 g/mol. The van der Waals surface area contributed by atoms with Gasteiger partial charge in [-0.3, -0.25) is 5.10 Å². The Hall–Kier alpha value is -1.33. The lowest BCUT2D eigenvalue weighted by Crippen LogP contribution is -2.07. The standard InChI is InChI=1S/C14H18ClN3OS/c1-2-3-4-9-18-13(16-17-14(18)20)10-19-12-7-5-11(15)6-8-12/h5-8H,2-4,9-10H2,1H3,(H,17,20). The van der Waals surface area contributed by atoms with Crippen LogP contribution in [-0.2, 0) is 13.2 Å². The van der Waals surface area contributed by atoms with Crippen LogP contribution < -0.4 is 4.74 Å². The molecule has 0 amide bonds. The number of unbranched alkanes of at least 4 members (excludes halogenated alkanes) is 2. The van der Waals surface area contributed by atoms with Crippen LogP contribution in [0.5, 0.6) is 5.75 Å². The number of ether oxygens (including phenoxy) is 1. The van der Waals surface area contributed by atoms with Gasteiger partial charge in [-0.2, -0.15) is 5.10 Å². The number of rotatable bonds is 7. The molecule has 0 saturated carbocycles. The molecule has 0 spiro atoms. The first-order valence-corrected chi connectivity index (χ1v) is 7.51. The first kappa shape index (κ1) is 15.1. The number of nitrogens with one attached hydrogen (secondary N) is 1. The maximum Gasteiger partial charge on any atom is 0.195 e. The fraction of sp³-hybridized carbons (Fsp3) is 0.429. The molecule has 1 N–H and O–H groups in total. The zero-order valence-corrected chi connectivity index (χ0v) is 13.0. The Kier molecular flexibility index (Phi) is 5.61. The Labute approximate surface area is 128 Å². The molecule has 20 heavy (non-hydrogen) atoms. The van der Waals surface area contributed by atoms with Gasteiger partial charge in [0.2, 0.25) is 0 Å². The van der Waals surface area contributed by atoms with Gasteiger partial charge in [-0.15, -0.1) is 0 Å². The van der Waals surface area contributed by atoms with Crippen molar-refractivity contribution in [2.75, 3.05) is 0 Å². The van der Waals surface area contributed by atoms with Gasteiger partial charge in [0.1, 0.15) is 12.4 Å². The molecule has 2 rings (SSSR count). The second kappa shape index (κ2) is 7.45. The highest BCUT2D eigenvalue weighted by atomic mass is 35.5. The number of nitrogens with zero attached hydrogens (tertiary/aromatic N) is 2. The lowest BCUT2D eigenvalue weighted by atomic mass is 10.2. The van der Waals surface area contributed by atoms with Crippen LogP contribution in [0.15, 0.2) is 24.3 Å². The summed E-state index contributed by atoms with van der Waals surface area (Å²) in [5, 5.41) is 7.74. The summed E-state index contributed by atoms with van der Waals surface area (Å²) in [6.07, 6.45) is 3.46. The lowest BCUT2D eigenvalue weighted by Gasteiger charge is -2.08. The summed E-state index contributed by atoms with van der Waals surface area (Å²) in [5.41, 5.74) is 0. The first-order valence-electron chi connectivity index (χ1n) is 6.73. The molecule has 0 fully saturated rings. The van der Waals surface area contributed by atoms with Crippen molar-refractivity contribution in [2.24, 2.45) is 0 Å². The summed E-state index contributed by atoms with van der Waals surface area (Å²) in [6.45, 7) is 3.45. The van der Waals surface area contributed by atoms with Crippen molar-refractivity contribution in [2.45, 2.75) is 39.3 Å². The predicted octanol–water partition coefficient (Wildman–Crippen LogP) is 4.36. The van der Waals surface area contributed by atoms with Crippen LogP contribution in [-0.4, -0.2) is 14.8 Å². The third kappa shape index (κ3) is 4.08. The van der Waals surface area contributed by atoms with Gasteiger partial charge in [0, 0.05) is 11.6 Å². The summed E-state index contributed by atoms with van der Waals surface area (Å²) >= 11 is 11.1. The number of aromatic nitrogens is 3. The molecule has 6 heteroatoms. The summed E-state index contributed by atoms with van der Waals surface area (Å²) in [4.78, 5) is 0. The van der Waals surface area contributed by atoms with E-state index in [1.807, 2.05) is 16.7 Å². The van der Waals surface area contributed by atoms with Crippen molar-refractivity contribution >= 4 is 23.8 Å². The average molecular weight is 312 g/mol. The Bertz CT molecular complexity index is 591. The molecule has 0 aliphatic heterocycles. The van der Waals surface area contributed by atoms with Gasteiger partial charge in [-0.05, 0) is 42.9 Å². The van der Waals surface area contributed by atoms with Crippen molar-refractivity contribution < 1.29 is 4.74 Å². The van der Waals surface area contributed by atoms with E-state index in [-0.39, 0.29) is 0 Å². The number of hydrogen-bond donors (Lipinski definition) is 1. The predicted molar refractivity (Wildman–Crippen MR) is 82.7 cm³/mol. The molecular formula is C14H18ClN3OS. The number of H-pyrrole nitrogens is 1. The van der Waals surface area contributed by atoms with E-state index in [2.05, 4.69) is 17.1 Å². The quantitative estimate of drug-likeness (QED) is 0.610. The fourth-order valence-electron chi connectivity index (χ4n) is 1.89. The third-order valence-electron chi connectivity index (χ3n) is 3.00. The largest absolute Gasteiger partial charge is 0.486 e. The monoisotopic (exact) mass is 311 g/mol. The topological polar surface area (TPSA) is 42.8 Å². The summed E-state index contributed by atoms with van der Waals surface area (Å²) in [7, 11) is 0. The van der Waals surface area contributed by atoms with Crippen molar-refractivity contribution in [1.29, 1.82) is 0 Å². The molecule has 0 aliphatic rings. The molecule has 0 unspecified atom stereocenters. The van der Waals surface area contributed by atoms with Crippen LogP contribution in [0.4, 0.5) is 0 Å². The van der Waals surface area contributed by atoms with Crippen LogP contribution in [0.2, 0.25) is 5.02 Å². The Morgan fingerprint density at radius 2 is 2.05 bits per heavy atom. The van der Waals surface area contributed by atoms with Crippen LogP contribution >= 0.6 is 23.8 Å². The molecule has 108 valence electrons. The SMILES string of the molecule is CCCCCn1c(COc2ccc(Cl)cc2)n[nH]c1=S. The van der Waals surface area contributed by atoms with Crippen LogP contribution in [0.1, 0.15) is 32.0 Å². The molecule has 0 radical (unpaired) electrons. The molecule has 4 nitrogen and oxygen atoms in total. The van der Waals surface area contributed by atoms with Crippen molar-refractivity contribution in [3.63, 3.8) is 0 Å². The van der Waals surface area contributed by atoms with E-state index in [1.165, 1.54) is 12.8 Å². The summed E-state index contributed by atoms with van der Waals surface area (Å²) < 4.78 is 8.35. The van der Waals surface area contributed by atoms with E-state index >= 15 is 0 Å². The van der Waals surface area contributed by atoms with Gasteiger partial charge in [-0.25, -0.2) is 0 Å².